The highest BCUT2D eigenvalue weighted by atomic mass is 79.9. The summed E-state index contributed by atoms with van der Waals surface area (Å²) in [5.41, 5.74) is 0.914. The van der Waals surface area contributed by atoms with Gasteiger partial charge in [0.1, 0.15) is 4.60 Å². The topological polar surface area (TPSA) is 12.9 Å². The van der Waals surface area contributed by atoms with Crippen LogP contribution in [0.2, 0.25) is 5.02 Å². The van der Waals surface area contributed by atoms with Crippen LogP contribution in [0.15, 0.2) is 34.9 Å². The number of rotatable bonds is 0. The second-order valence-corrected chi connectivity index (χ2v) is 3.66. The van der Waals surface area contributed by atoms with E-state index in [1.54, 1.807) is 6.07 Å². The monoisotopic (exact) mass is 241 g/mol. The second-order valence-electron chi connectivity index (χ2n) is 2.44. The zero-order valence-electron chi connectivity index (χ0n) is 6.09. The lowest BCUT2D eigenvalue weighted by Crippen LogP contribution is -1.80. The zero-order chi connectivity index (χ0) is 8.55. The predicted molar refractivity (Wildman–Crippen MR) is 54.5 cm³/mol. The van der Waals surface area contributed by atoms with Crippen LogP contribution in [0.1, 0.15) is 0 Å². The molecule has 2 rings (SSSR count). The number of fused-ring (bicyclic) bond motifs is 1. The van der Waals surface area contributed by atoms with Crippen LogP contribution in [-0.4, -0.2) is 4.98 Å². The van der Waals surface area contributed by atoms with Crippen molar-refractivity contribution in [3.8, 4) is 0 Å². The first-order valence-corrected chi connectivity index (χ1v) is 4.65. The molecule has 0 atom stereocenters. The van der Waals surface area contributed by atoms with Crippen LogP contribution in [0.4, 0.5) is 0 Å². The Labute approximate surface area is 83.5 Å². The van der Waals surface area contributed by atoms with Gasteiger partial charge in [0.2, 0.25) is 0 Å². The van der Waals surface area contributed by atoms with E-state index in [0.717, 1.165) is 20.5 Å². The van der Waals surface area contributed by atoms with E-state index in [4.69, 9.17) is 11.6 Å². The summed E-state index contributed by atoms with van der Waals surface area (Å²) in [5.74, 6) is 0. The standard InChI is InChI=1S/C9H5BrClN/c10-9-5-7(11)6-3-1-2-4-8(6)12-9/h1-5H. The molecule has 0 fully saturated rings. The van der Waals surface area contributed by atoms with Gasteiger partial charge < -0.3 is 0 Å². The fourth-order valence-corrected chi connectivity index (χ4v) is 1.92. The molecule has 0 unspecified atom stereocenters. The van der Waals surface area contributed by atoms with Crippen molar-refractivity contribution in [2.24, 2.45) is 0 Å². The quantitative estimate of drug-likeness (QED) is 0.643. The smallest absolute Gasteiger partial charge is 0.108 e. The highest BCUT2D eigenvalue weighted by Gasteiger charge is 2.00. The van der Waals surface area contributed by atoms with Crippen LogP contribution in [0.5, 0.6) is 0 Å². The van der Waals surface area contributed by atoms with E-state index in [2.05, 4.69) is 20.9 Å². The maximum absolute atomic E-state index is 5.99. The van der Waals surface area contributed by atoms with Crippen molar-refractivity contribution in [3.05, 3.63) is 40.0 Å². The third kappa shape index (κ3) is 1.32. The lowest BCUT2D eigenvalue weighted by Gasteiger charge is -1.99. The van der Waals surface area contributed by atoms with Gasteiger partial charge >= 0.3 is 0 Å². The van der Waals surface area contributed by atoms with Gasteiger partial charge in [-0.15, -0.1) is 0 Å². The van der Waals surface area contributed by atoms with Gasteiger partial charge in [0.05, 0.1) is 10.5 Å². The number of nitrogens with zero attached hydrogens (tertiary/aromatic N) is 1. The van der Waals surface area contributed by atoms with Gasteiger partial charge in [-0.1, -0.05) is 29.8 Å². The Bertz CT molecular complexity index is 428. The summed E-state index contributed by atoms with van der Waals surface area (Å²) in [5, 5.41) is 1.72. The van der Waals surface area contributed by atoms with Crippen molar-refractivity contribution in [2.45, 2.75) is 0 Å². The van der Waals surface area contributed by atoms with E-state index in [-0.39, 0.29) is 0 Å². The summed E-state index contributed by atoms with van der Waals surface area (Å²) in [6, 6.07) is 9.58. The predicted octanol–water partition coefficient (Wildman–Crippen LogP) is 3.65. The lowest BCUT2D eigenvalue weighted by atomic mass is 10.2. The fourth-order valence-electron chi connectivity index (χ4n) is 1.10. The van der Waals surface area contributed by atoms with Crippen molar-refractivity contribution in [2.75, 3.05) is 0 Å². The maximum atomic E-state index is 5.99. The molecule has 12 heavy (non-hydrogen) atoms. The summed E-state index contributed by atoms with van der Waals surface area (Å²) in [7, 11) is 0. The first kappa shape index (κ1) is 8.02. The normalized spacial score (nSPS) is 10.5. The molecule has 0 amide bonds. The molecule has 0 saturated carbocycles. The number of aromatic nitrogens is 1. The van der Waals surface area contributed by atoms with Gasteiger partial charge in [0.15, 0.2) is 0 Å². The van der Waals surface area contributed by atoms with E-state index in [1.807, 2.05) is 24.3 Å². The van der Waals surface area contributed by atoms with Crippen LogP contribution < -0.4 is 0 Å². The molecule has 1 heterocycles. The molecule has 2 aromatic rings. The van der Waals surface area contributed by atoms with E-state index in [9.17, 15) is 0 Å². The molecule has 0 spiro atoms. The molecular formula is C9H5BrClN. The number of hydrogen-bond donors (Lipinski definition) is 0. The summed E-state index contributed by atoms with van der Waals surface area (Å²) in [4.78, 5) is 4.27. The average molecular weight is 243 g/mol. The molecule has 0 saturated heterocycles. The number of para-hydroxylation sites is 1. The molecule has 0 aliphatic heterocycles. The van der Waals surface area contributed by atoms with Crippen LogP contribution >= 0.6 is 27.5 Å². The van der Waals surface area contributed by atoms with Crippen LogP contribution in [-0.2, 0) is 0 Å². The molecular weight excluding hydrogens is 237 g/mol. The van der Waals surface area contributed by atoms with Crippen molar-refractivity contribution < 1.29 is 0 Å². The molecule has 3 heteroatoms. The first-order valence-electron chi connectivity index (χ1n) is 3.48. The summed E-state index contributed by atoms with van der Waals surface area (Å²) in [6.07, 6.45) is 0. The minimum Gasteiger partial charge on any atom is -0.241 e. The van der Waals surface area contributed by atoms with E-state index >= 15 is 0 Å². The van der Waals surface area contributed by atoms with Gasteiger partial charge in [-0.3, -0.25) is 0 Å². The molecule has 1 aromatic heterocycles. The largest absolute Gasteiger partial charge is 0.241 e. The molecule has 60 valence electrons. The number of pyridine rings is 1. The van der Waals surface area contributed by atoms with Crippen LogP contribution in [0, 0.1) is 0 Å². The van der Waals surface area contributed by atoms with Gasteiger partial charge in [-0.2, -0.15) is 0 Å². The summed E-state index contributed by atoms with van der Waals surface area (Å²) < 4.78 is 0.770. The maximum Gasteiger partial charge on any atom is 0.108 e. The minimum atomic E-state index is 0.729. The lowest BCUT2D eigenvalue weighted by molar-refractivity contribution is 1.35. The van der Waals surface area contributed by atoms with Crippen molar-refractivity contribution >= 4 is 38.4 Å². The van der Waals surface area contributed by atoms with Gasteiger partial charge in [-0.25, -0.2) is 4.98 Å². The Morgan fingerprint density at radius 1 is 1.25 bits per heavy atom. The van der Waals surface area contributed by atoms with E-state index in [0.29, 0.717) is 0 Å². The molecule has 0 radical (unpaired) electrons. The third-order valence-electron chi connectivity index (χ3n) is 1.63. The Kier molecular flexibility index (Phi) is 2.03. The van der Waals surface area contributed by atoms with Crippen LogP contribution in [0.3, 0.4) is 0 Å². The summed E-state index contributed by atoms with van der Waals surface area (Å²) >= 11 is 9.28. The van der Waals surface area contributed by atoms with Crippen LogP contribution in [0.25, 0.3) is 10.9 Å². The van der Waals surface area contributed by atoms with E-state index in [1.165, 1.54) is 0 Å². The van der Waals surface area contributed by atoms with Crippen molar-refractivity contribution in [3.63, 3.8) is 0 Å². The fraction of sp³-hybridized carbons (Fsp3) is 0. The van der Waals surface area contributed by atoms with Gasteiger partial charge in [0, 0.05) is 5.39 Å². The Balaban J connectivity index is 2.89. The Morgan fingerprint density at radius 2 is 2.00 bits per heavy atom. The zero-order valence-corrected chi connectivity index (χ0v) is 8.43. The second kappa shape index (κ2) is 3.04. The molecule has 1 aromatic carbocycles. The first-order chi connectivity index (χ1) is 5.77. The minimum absolute atomic E-state index is 0.729. The molecule has 0 aliphatic carbocycles. The van der Waals surface area contributed by atoms with Gasteiger partial charge in [0.25, 0.3) is 0 Å². The van der Waals surface area contributed by atoms with Gasteiger partial charge in [-0.05, 0) is 28.1 Å². The van der Waals surface area contributed by atoms with Crippen molar-refractivity contribution in [1.29, 1.82) is 0 Å². The third-order valence-corrected chi connectivity index (χ3v) is 2.35. The molecule has 0 aliphatic rings. The number of halogens is 2. The Morgan fingerprint density at radius 3 is 2.83 bits per heavy atom. The number of benzene rings is 1. The van der Waals surface area contributed by atoms with Crippen molar-refractivity contribution in [1.82, 2.24) is 4.98 Å². The molecule has 1 nitrogen and oxygen atoms in total. The number of hydrogen-bond acceptors (Lipinski definition) is 1. The Hall–Kier alpha value is -0.600. The summed E-state index contributed by atoms with van der Waals surface area (Å²) in [6.45, 7) is 0. The molecule has 0 N–H and O–H groups in total. The van der Waals surface area contributed by atoms with E-state index < -0.39 is 0 Å². The highest BCUT2D eigenvalue weighted by molar-refractivity contribution is 9.10. The average Bonchev–Trinajstić information content (AvgIpc) is 2.04. The highest BCUT2D eigenvalue weighted by Crippen LogP contribution is 2.24. The molecule has 0 bridgehead atoms. The SMILES string of the molecule is Clc1cc(Br)nc2ccccc12.